The van der Waals surface area contributed by atoms with Crippen molar-refractivity contribution in [3.05, 3.63) is 51.9 Å². The monoisotopic (exact) mass is 518 g/mol. The predicted molar refractivity (Wildman–Crippen MR) is 144 cm³/mol. The summed E-state index contributed by atoms with van der Waals surface area (Å²) < 4.78 is 6.78. The van der Waals surface area contributed by atoms with Crippen LogP contribution >= 0.6 is 22.7 Å². The number of ether oxygens (including phenoxy) is 1. The van der Waals surface area contributed by atoms with Gasteiger partial charge in [0.05, 0.1) is 41.2 Å². The third-order valence-corrected chi connectivity index (χ3v) is 8.88. The van der Waals surface area contributed by atoms with Crippen LogP contribution in [-0.2, 0) is 4.74 Å². The molecule has 36 heavy (non-hydrogen) atoms. The van der Waals surface area contributed by atoms with E-state index in [1.165, 1.54) is 4.88 Å². The summed E-state index contributed by atoms with van der Waals surface area (Å²) in [4.78, 5) is 21.2. The number of benzene rings is 1. The number of H-pyrrole nitrogens is 1. The van der Waals surface area contributed by atoms with E-state index in [2.05, 4.69) is 42.8 Å². The van der Waals surface area contributed by atoms with Gasteiger partial charge >= 0.3 is 0 Å². The van der Waals surface area contributed by atoms with Crippen LogP contribution in [0, 0.1) is 0 Å². The Morgan fingerprint density at radius 3 is 2.78 bits per heavy atom. The van der Waals surface area contributed by atoms with Crippen LogP contribution in [0.15, 0.2) is 42.0 Å². The molecule has 0 bridgehead atoms. The molecule has 184 valence electrons. The van der Waals surface area contributed by atoms with Crippen molar-refractivity contribution in [2.75, 3.05) is 57.4 Å². The van der Waals surface area contributed by atoms with Crippen LogP contribution in [0.5, 0.6) is 0 Å². The first-order valence-electron chi connectivity index (χ1n) is 12.3. The molecule has 2 saturated heterocycles. The number of hydrogen-bond donors (Lipinski definition) is 2. The van der Waals surface area contributed by atoms with Crippen molar-refractivity contribution < 1.29 is 4.74 Å². The third-order valence-electron chi connectivity index (χ3n) is 6.88. The fraction of sp³-hybridized carbons (Fsp3) is 0.360. The second-order valence-corrected chi connectivity index (χ2v) is 11.0. The molecule has 0 spiro atoms. The lowest BCUT2D eigenvalue weighted by Gasteiger charge is -2.33. The molecule has 7 rings (SSSR count). The summed E-state index contributed by atoms with van der Waals surface area (Å²) in [5.41, 5.74) is 2.96. The highest BCUT2D eigenvalue weighted by Gasteiger charge is 2.29. The van der Waals surface area contributed by atoms with Gasteiger partial charge in [-0.1, -0.05) is 12.1 Å². The number of fused-ring (bicyclic) bond motifs is 2. The van der Waals surface area contributed by atoms with Crippen molar-refractivity contribution in [3.8, 4) is 11.4 Å². The first kappa shape index (κ1) is 22.3. The number of anilines is 1. The van der Waals surface area contributed by atoms with Gasteiger partial charge in [-0.15, -0.1) is 22.7 Å². The Balaban J connectivity index is 1.40. The zero-order valence-electron chi connectivity index (χ0n) is 19.7. The molecule has 11 heteroatoms. The lowest BCUT2D eigenvalue weighted by molar-refractivity contribution is 0.122. The number of nitrogens with zero attached hydrogens (tertiary/aromatic N) is 6. The molecule has 2 N–H and O–H groups in total. The lowest BCUT2D eigenvalue weighted by Crippen LogP contribution is -2.45. The molecular weight excluding hydrogens is 492 g/mol. The Morgan fingerprint density at radius 2 is 1.94 bits per heavy atom. The molecule has 2 fully saturated rings. The van der Waals surface area contributed by atoms with Gasteiger partial charge in [0.2, 0.25) is 0 Å². The molecule has 0 radical (unpaired) electrons. The van der Waals surface area contributed by atoms with Crippen LogP contribution in [0.3, 0.4) is 0 Å². The number of morpholine rings is 1. The molecule has 9 nitrogen and oxygen atoms in total. The van der Waals surface area contributed by atoms with Gasteiger partial charge in [-0.3, -0.25) is 10.00 Å². The first-order chi connectivity index (χ1) is 17.8. The van der Waals surface area contributed by atoms with E-state index in [4.69, 9.17) is 19.7 Å². The van der Waals surface area contributed by atoms with Gasteiger partial charge in [-0.2, -0.15) is 5.10 Å². The van der Waals surface area contributed by atoms with Crippen LogP contribution in [0.25, 0.3) is 32.5 Å². The topological polar surface area (TPSA) is 95.1 Å². The minimum Gasteiger partial charge on any atom is -0.378 e. The van der Waals surface area contributed by atoms with E-state index in [-0.39, 0.29) is 6.04 Å². The van der Waals surface area contributed by atoms with E-state index >= 15 is 0 Å². The number of rotatable bonds is 5. The van der Waals surface area contributed by atoms with Crippen molar-refractivity contribution in [2.24, 2.45) is 0 Å². The van der Waals surface area contributed by atoms with E-state index in [0.717, 1.165) is 82.6 Å². The van der Waals surface area contributed by atoms with Crippen molar-refractivity contribution in [1.29, 1.82) is 0 Å². The van der Waals surface area contributed by atoms with E-state index in [0.29, 0.717) is 13.2 Å². The standard InChI is InChI=1S/C25H26N8OS2/c1-2-16(17-15-28-31-18(17)3-1)23-29-19-14-20(36-22(19)24(30-23)33-9-11-34-12-10-33)21(25-27-6-13-35-25)32-7-4-26-5-8-32/h1-3,6,13-15,21,26H,4-5,7-12H2,(H,28,31). The molecule has 0 amide bonds. The summed E-state index contributed by atoms with van der Waals surface area (Å²) in [6.45, 7) is 7.03. The van der Waals surface area contributed by atoms with Crippen molar-refractivity contribution in [3.63, 3.8) is 0 Å². The average Bonchev–Trinajstić information content (AvgIpc) is 3.70. The fourth-order valence-corrected chi connectivity index (χ4v) is 7.22. The second kappa shape index (κ2) is 9.49. The van der Waals surface area contributed by atoms with Crippen LogP contribution in [0.1, 0.15) is 15.9 Å². The zero-order valence-corrected chi connectivity index (χ0v) is 21.3. The van der Waals surface area contributed by atoms with Crippen molar-refractivity contribution in [1.82, 2.24) is 35.4 Å². The predicted octanol–water partition coefficient (Wildman–Crippen LogP) is 3.52. The third kappa shape index (κ3) is 3.97. The Bertz CT molecular complexity index is 1480. The minimum atomic E-state index is 0.129. The number of aromatic nitrogens is 5. The summed E-state index contributed by atoms with van der Waals surface area (Å²) in [6.07, 6.45) is 3.76. The highest BCUT2D eigenvalue weighted by molar-refractivity contribution is 7.20. The van der Waals surface area contributed by atoms with Gasteiger partial charge in [0.25, 0.3) is 0 Å². The molecule has 0 aliphatic carbocycles. The highest BCUT2D eigenvalue weighted by atomic mass is 32.1. The number of thiazole rings is 1. The summed E-state index contributed by atoms with van der Waals surface area (Å²) >= 11 is 3.53. The van der Waals surface area contributed by atoms with Gasteiger partial charge in [-0.25, -0.2) is 15.0 Å². The minimum absolute atomic E-state index is 0.129. The maximum atomic E-state index is 5.65. The van der Waals surface area contributed by atoms with E-state index in [1.807, 2.05) is 24.5 Å². The zero-order chi connectivity index (χ0) is 23.9. The van der Waals surface area contributed by atoms with Crippen LogP contribution in [0.4, 0.5) is 5.82 Å². The molecule has 0 saturated carbocycles. The molecule has 1 unspecified atom stereocenters. The smallest absolute Gasteiger partial charge is 0.162 e. The van der Waals surface area contributed by atoms with Crippen LogP contribution in [-0.4, -0.2) is 82.5 Å². The van der Waals surface area contributed by atoms with E-state index in [9.17, 15) is 0 Å². The number of aromatic amines is 1. The number of hydrogen-bond acceptors (Lipinski definition) is 10. The normalized spacial score (nSPS) is 18.3. The highest BCUT2D eigenvalue weighted by Crippen LogP contribution is 2.41. The van der Waals surface area contributed by atoms with Crippen LogP contribution < -0.4 is 10.2 Å². The van der Waals surface area contributed by atoms with Crippen molar-refractivity contribution in [2.45, 2.75) is 6.04 Å². The first-order valence-corrected chi connectivity index (χ1v) is 14.0. The summed E-state index contributed by atoms with van der Waals surface area (Å²) in [6, 6.07) is 8.53. The maximum absolute atomic E-state index is 5.65. The molecule has 5 aromatic rings. The molecule has 2 aliphatic heterocycles. The maximum Gasteiger partial charge on any atom is 0.162 e. The van der Waals surface area contributed by atoms with Gasteiger partial charge in [-0.05, 0) is 12.1 Å². The molecular formula is C25H26N8OS2. The molecule has 1 aromatic carbocycles. The summed E-state index contributed by atoms with van der Waals surface area (Å²) in [5, 5.41) is 15.0. The molecule has 4 aromatic heterocycles. The Kier molecular flexibility index (Phi) is 5.87. The lowest BCUT2D eigenvalue weighted by atomic mass is 10.1. The SMILES string of the molecule is c1cc(-c2nc(N3CCOCC3)c3sc(C(c4nccs4)N4CCNCC4)cc3n2)c2cn[nH]c2c1. The summed E-state index contributed by atoms with van der Waals surface area (Å²) in [7, 11) is 0. The fourth-order valence-electron chi connectivity index (χ4n) is 5.11. The number of nitrogens with one attached hydrogen (secondary N) is 2. The molecule has 1 atom stereocenters. The molecule has 6 heterocycles. The Labute approximate surface area is 216 Å². The number of thiophene rings is 1. The van der Waals surface area contributed by atoms with Gasteiger partial charge < -0.3 is 15.0 Å². The Morgan fingerprint density at radius 1 is 1.06 bits per heavy atom. The quantitative estimate of drug-likeness (QED) is 0.365. The molecule has 2 aliphatic rings. The van der Waals surface area contributed by atoms with Crippen molar-refractivity contribution >= 4 is 49.6 Å². The largest absolute Gasteiger partial charge is 0.378 e. The van der Waals surface area contributed by atoms with Gasteiger partial charge in [0.1, 0.15) is 5.01 Å². The van der Waals surface area contributed by atoms with Gasteiger partial charge in [0, 0.05) is 66.7 Å². The van der Waals surface area contributed by atoms with Gasteiger partial charge in [0.15, 0.2) is 11.6 Å². The summed E-state index contributed by atoms with van der Waals surface area (Å²) in [5.74, 6) is 1.72. The van der Waals surface area contributed by atoms with Crippen LogP contribution in [0.2, 0.25) is 0 Å². The van der Waals surface area contributed by atoms with E-state index < -0.39 is 0 Å². The average molecular weight is 519 g/mol. The Hall–Kier alpha value is -2.96. The van der Waals surface area contributed by atoms with E-state index in [1.54, 1.807) is 22.7 Å². The number of piperazine rings is 1. The second-order valence-electron chi connectivity index (χ2n) is 9.03.